The Hall–Kier alpha value is -2.77. The predicted molar refractivity (Wildman–Crippen MR) is 106 cm³/mol. The first-order chi connectivity index (χ1) is 13.2. The number of hydrogen-bond acceptors (Lipinski definition) is 6. The Kier molecular flexibility index (Phi) is 5.13. The fourth-order valence-electron chi connectivity index (χ4n) is 3.12. The molecule has 0 aliphatic carbocycles. The van der Waals surface area contributed by atoms with E-state index in [-0.39, 0.29) is 5.91 Å². The van der Waals surface area contributed by atoms with Crippen molar-refractivity contribution >= 4 is 22.9 Å². The summed E-state index contributed by atoms with van der Waals surface area (Å²) < 4.78 is 0. The molecule has 1 aliphatic heterocycles. The van der Waals surface area contributed by atoms with E-state index in [2.05, 4.69) is 9.97 Å². The fraction of sp³-hybridized carbons (Fsp3) is 0.250. The minimum Gasteiger partial charge on any atom is -0.334 e. The minimum absolute atomic E-state index is 0.0113. The van der Waals surface area contributed by atoms with E-state index in [1.54, 1.807) is 12.4 Å². The molecule has 3 heterocycles. The first-order valence-corrected chi connectivity index (χ1v) is 9.71. The van der Waals surface area contributed by atoms with E-state index in [4.69, 9.17) is 4.84 Å². The molecule has 1 aliphatic rings. The Bertz CT molecular complexity index is 929. The van der Waals surface area contributed by atoms with Crippen LogP contribution >= 0.6 is 11.3 Å². The Balaban J connectivity index is 1.53. The van der Waals surface area contributed by atoms with Gasteiger partial charge >= 0.3 is 0 Å². The van der Waals surface area contributed by atoms with E-state index in [9.17, 15) is 4.79 Å². The van der Waals surface area contributed by atoms with Crippen LogP contribution in [0.15, 0.2) is 54.2 Å². The molecule has 0 spiro atoms. The van der Waals surface area contributed by atoms with Crippen LogP contribution in [0.5, 0.6) is 0 Å². The highest BCUT2D eigenvalue weighted by Crippen LogP contribution is 2.27. The third-order valence-electron chi connectivity index (χ3n) is 4.46. The van der Waals surface area contributed by atoms with Crippen LogP contribution in [-0.2, 0) is 4.84 Å². The van der Waals surface area contributed by atoms with Crippen molar-refractivity contribution in [1.29, 1.82) is 0 Å². The van der Waals surface area contributed by atoms with E-state index < -0.39 is 0 Å². The number of carbonyl (C=O) groups is 1. The van der Waals surface area contributed by atoms with Crippen molar-refractivity contribution in [3.8, 4) is 10.6 Å². The largest absolute Gasteiger partial charge is 0.334 e. The molecular formula is C20H20N4O2S. The summed E-state index contributed by atoms with van der Waals surface area (Å²) in [5, 5.41) is 4.62. The Morgan fingerprint density at radius 2 is 2.00 bits per heavy atom. The van der Waals surface area contributed by atoms with E-state index in [1.807, 2.05) is 58.7 Å². The molecule has 0 unspecified atom stereocenters. The normalized spacial score (nSPS) is 14.9. The lowest BCUT2D eigenvalue weighted by Gasteiger charge is -2.22. The number of pyridine rings is 1. The summed E-state index contributed by atoms with van der Waals surface area (Å²) in [6.07, 6.45) is 3.53. The van der Waals surface area contributed by atoms with E-state index in [0.29, 0.717) is 31.8 Å². The lowest BCUT2D eigenvalue weighted by atomic mass is 10.1. The van der Waals surface area contributed by atoms with Crippen LogP contribution in [0.2, 0.25) is 0 Å². The van der Waals surface area contributed by atoms with Crippen LogP contribution in [0.25, 0.3) is 10.6 Å². The minimum atomic E-state index is 0.0113. The number of carbonyl (C=O) groups excluding carboxylic acids is 1. The SMILES string of the molecule is Cc1cc(N2CCN(C(=O)c3ccccc3-c3nccs3)CCO2)ccn1. The molecule has 0 atom stereocenters. The van der Waals surface area contributed by atoms with Crippen molar-refractivity contribution in [2.24, 2.45) is 0 Å². The number of anilines is 1. The van der Waals surface area contributed by atoms with E-state index in [0.717, 1.165) is 22.0 Å². The highest BCUT2D eigenvalue weighted by molar-refractivity contribution is 7.13. The van der Waals surface area contributed by atoms with Crippen LogP contribution < -0.4 is 5.06 Å². The second kappa shape index (κ2) is 7.85. The van der Waals surface area contributed by atoms with Crippen molar-refractivity contribution < 1.29 is 9.63 Å². The number of rotatable bonds is 3. The number of nitrogens with zero attached hydrogens (tertiary/aromatic N) is 4. The number of aromatic nitrogens is 2. The zero-order valence-electron chi connectivity index (χ0n) is 15.0. The Morgan fingerprint density at radius 1 is 1.11 bits per heavy atom. The van der Waals surface area contributed by atoms with E-state index >= 15 is 0 Å². The molecule has 0 saturated carbocycles. The van der Waals surface area contributed by atoms with Crippen LogP contribution in [0.3, 0.4) is 0 Å². The van der Waals surface area contributed by atoms with Crippen LogP contribution in [0.4, 0.5) is 5.69 Å². The predicted octanol–water partition coefficient (Wildman–Crippen LogP) is 3.41. The third-order valence-corrected chi connectivity index (χ3v) is 5.26. The molecule has 7 heteroatoms. The molecule has 27 heavy (non-hydrogen) atoms. The number of hydrogen-bond donors (Lipinski definition) is 0. The molecule has 4 rings (SSSR count). The third kappa shape index (κ3) is 3.84. The molecule has 0 N–H and O–H groups in total. The summed E-state index contributed by atoms with van der Waals surface area (Å²) in [6, 6.07) is 11.6. The van der Waals surface area contributed by atoms with Crippen LogP contribution in [0.1, 0.15) is 16.1 Å². The van der Waals surface area contributed by atoms with Gasteiger partial charge in [-0.2, -0.15) is 0 Å². The van der Waals surface area contributed by atoms with Gasteiger partial charge in [0.25, 0.3) is 5.91 Å². The first-order valence-electron chi connectivity index (χ1n) is 8.83. The Morgan fingerprint density at radius 3 is 2.81 bits per heavy atom. The van der Waals surface area contributed by atoms with Gasteiger partial charge in [-0.15, -0.1) is 11.3 Å². The average Bonchev–Trinajstić information content (AvgIpc) is 3.12. The van der Waals surface area contributed by atoms with Crippen molar-refractivity contribution in [1.82, 2.24) is 14.9 Å². The maximum absolute atomic E-state index is 13.2. The highest BCUT2D eigenvalue weighted by Gasteiger charge is 2.23. The number of benzene rings is 1. The monoisotopic (exact) mass is 380 g/mol. The summed E-state index contributed by atoms with van der Waals surface area (Å²) in [5.41, 5.74) is 3.45. The fourth-order valence-corrected chi connectivity index (χ4v) is 3.80. The van der Waals surface area contributed by atoms with Crippen LogP contribution in [-0.4, -0.2) is 47.0 Å². The van der Waals surface area contributed by atoms with E-state index in [1.165, 1.54) is 11.3 Å². The van der Waals surface area contributed by atoms with Gasteiger partial charge < -0.3 is 4.90 Å². The highest BCUT2D eigenvalue weighted by atomic mass is 32.1. The molecule has 3 aromatic rings. The molecule has 1 fully saturated rings. The summed E-state index contributed by atoms with van der Waals surface area (Å²) >= 11 is 1.54. The molecule has 1 aromatic carbocycles. The molecule has 1 saturated heterocycles. The zero-order chi connectivity index (χ0) is 18.6. The van der Waals surface area contributed by atoms with Gasteiger partial charge in [-0.1, -0.05) is 18.2 Å². The van der Waals surface area contributed by atoms with Gasteiger partial charge in [0, 0.05) is 47.7 Å². The van der Waals surface area contributed by atoms with Gasteiger partial charge in [-0.05, 0) is 25.1 Å². The number of amides is 1. The van der Waals surface area contributed by atoms with Crippen molar-refractivity contribution in [2.45, 2.75) is 6.92 Å². The second-order valence-corrected chi connectivity index (χ2v) is 7.16. The zero-order valence-corrected chi connectivity index (χ0v) is 15.9. The van der Waals surface area contributed by atoms with Gasteiger partial charge in [0.15, 0.2) is 0 Å². The molecule has 0 radical (unpaired) electrons. The number of hydroxylamine groups is 1. The molecule has 0 bridgehead atoms. The molecule has 138 valence electrons. The second-order valence-electron chi connectivity index (χ2n) is 6.27. The smallest absolute Gasteiger partial charge is 0.254 e. The maximum atomic E-state index is 13.2. The summed E-state index contributed by atoms with van der Waals surface area (Å²) in [7, 11) is 0. The quantitative estimate of drug-likeness (QED) is 0.697. The summed E-state index contributed by atoms with van der Waals surface area (Å²) in [4.78, 5) is 29.5. The maximum Gasteiger partial charge on any atom is 0.254 e. The Labute approximate surface area is 162 Å². The van der Waals surface area contributed by atoms with Gasteiger partial charge in [0.1, 0.15) is 5.01 Å². The van der Waals surface area contributed by atoms with Gasteiger partial charge in [0.05, 0.1) is 18.8 Å². The molecule has 1 amide bonds. The molecule has 6 nitrogen and oxygen atoms in total. The van der Waals surface area contributed by atoms with Gasteiger partial charge in [-0.3, -0.25) is 19.7 Å². The van der Waals surface area contributed by atoms with Crippen molar-refractivity contribution in [3.63, 3.8) is 0 Å². The summed E-state index contributed by atoms with van der Waals surface area (Å²) in [6.45, 7) is 4.14. The topological polar surface area (TPSA) is 58.6 Å². The number of thiazole rings is 1. The first kappa shape index (κ1) is 17.6. The summed E-state index contributed by atoms with van der Waals surface area (Å²) in [5.74, 6) is 0.0113. The standard InChI is InChI=1S/C20H20N4O2S/c1-15-14-16(6-7-21-15)24-10-9-23(11-12-26-24)20(25)18-5-3-2-4-17(18)19-22-8-13-27-19/h2-8,13-14H,9-12H2,1H3. The average molecular weight is 380 g/mol. The van der Waals surface area contributed by atoms with Crippen molar-refractivity contribution in [3.05, 3.63) is 65.4 Å². The van der Waals surface area contributed by atoms with Gasteiger partial charge in [0.2, 0.25) is 0 Å². The molecular weight excluding hydrogens is 360 g/mol. The lowest BCUT2D eigenvalue weighted by molar-refractivity contribution is 0.0732. The lowest BCUT2D eigenvalue weighted by Crippen LogP contribution is -2.35. The van der Waals surface area contributed by atoms with Crippen molar-refractivity contribution in [2.75, 3.05) is 31.3 Å². The van der Waals surface area contributed by atoms with Crippen LogP contribution in [0, 0.1) is 6.92 Å². The van der Waals surface area contributed by atoms with Gasteiger partial charge in [-0.25, -0.2) is 4.98 Å². The molecule has 2 aromatic heterocycles. The number of aryl methyl sites for hydroxylation is 1.